The number of pyridine rings is 1. The highest BCUT2D eigenvalue weighted by atomic mass is 32.2. The summed E-state index contributed by atoms with van der Waals surface area (Å²) in [5.74, 6) is 0. The van der Waals surface area contributed by atoms with Crippen LogP contribution in [0.4, 0.5) is 0 Å². The Morgan fingerprint density at radius 1 is 1.40 bits per heavy atom. The van der Waals surface area contributed by atoms with Crippen molar-refractivity contribution in [2.75, 3.05) is 0 Å². The summed E-state index contributed by atoms with van der Waals surface area (Å²) in [5.41, 5.74) is 0.716. The molecular weight excluding hydrogens is 212 g/mol. The summed E-state index contributed by atoms with van der Waals surface area (Å²) >= 11 is 0. The molecule has 84 valence electrons. The van der Waals surface area contributed by atoms with Crippen molar-refractivity contribution in [3.63, 3.8) is 0 Å². The molecule has 0 unspecified atom stereocenters. The fourth-order valence-corrected chi connectivity index (χ4v) is 2.18. The van der Waals surface area contributed by atoms with Crippen LogP contribution in [0.15, 0.2) is 23.4 Å². The average molecular weight is 228 g/mol. The van der Waals surface area contributed by atoms with Crippen LogP contribution in [0.5, 0.6) is 0 Å². The summed E-state index contributed by atoms with van der Waals surface area (Å²) in [6.07, 6.45) is 5.31. The van der Waals surface area contributed by atoms with Crippen LogP contribution in [-0.2, 0) is 16.4 Å². The molecule has 15 heavy (non-hydrogen) atoms. The lowest BCUT2D eigenvalue weighted by atomic mass is 10.1. The molecule has 0 radical (unpaired) electrons. The van der Waals surface area contributed by atoms with Gasteiger partial charge in [-0.15, -0.1) is 0 Å². The van der Waals surface area contributed by atoms with E-state index in [1.807, 2.05) is 0 Å². The number of nitrogens with zero attached hydrogens (tertiary/aromatic N) is 1. The van der Waals surface area contributed by atoms with E-state index in [9.17, 15) is 8.42 Å². The second-order valence-electron chi connectivity index (χ2n) is 3.47. The van der Waals surface area contributed by atoms with Crippen molar-refractivity contribution in [3.05, 3.63) is 23.9 Å². The van der Waals surface area contributed by atoms with Gasteiger partial charge in [0, 0.05) is 6.20 Å². The second kappa shape index (κ2) is 5.23. The zero-order valence-corrected chi connectivity index (χ0v) is 9.63. The molecule has 1 aromatic heterocycles. The molecule has 0 atom stereocenters. The van der Waals surface area contributed by atoms with Gasteiger partial charge in [0.25, 0.3) is 10.0 Å². The monoisotopic (exact) mass is 228 g/mol. The number of hydrogen-bond acceptors (Lipinski definition) is 3. The van der Waals surface area contributed by atoms with Gasteiger partial charge in [-0.25, -0.2) is 18.5 Å². The first-order chi connectivity index (χ1) is 7.05. The Morgan fingerprint density at radius 2 is 2.13 bits per heavy atom. The summed E-state index contributed by atoms with van der Waals surface area (Å²) in [7, 11) is -3.68. The van der Waals surface area contributed by atoms with Crippen LogP contribution in [-0.4, -0.2) is 13.4 Å². The van der Waals surface area contributed by atoms with E-state index in [2.05, 4.69) is 11.9 Å². The Hall–Kier alpha value is -0.940. The van der Waals surface area contributed by atoms with Crippen molar-refractivity contribution in [2.24, 2.45) is 5.14 Å². The molecule has 1 heterocycles. The van der Waals surface area contributed by atoms with Crippen molar-refractivity contribution in [2.45, 2.75) is 37.6 Å². The van der Waals surface area contributed by atoms with E-state index in [0.29, 0.717) is 12.0 Å². The fraction of sp³-hybridized carbons (Fsp3) is 0.500. The molecule has 0 saturated heterocycles. The summed E-state index contributed by atoms with van der Waals surface area (Å²) in [5, 5.41) is 5.09. The lowest BCUT2D eigenvalue weighted by molar-refractivity contribution is 0.591. The summed E-state index contributed by atoms with van der Waals surface area (Å²) in [6.45, 7) is 2.10. The van der Waals surface area contributed by atoms with Crippen molar-refractivity contribution in [3.8, 4) is 0 Å². The van der Waals surface area contributed by atoms with Gasteiger partial charge in [0.2, 0.25) is 0 Å². The Morgan fingerprint density at radius 3 is 2.73 bits per heavy atom. The number of rotatable bonds is 5. The van der Waals surface area contributed by atoms with E-state index in [1.54, 1.807) is 12.1 Å². The molecular formula is C10H16N2O2S. The molecule has 5 heteroatoms. The maximum absolute atomic E-state index is 11.2. The molecule has 0 aromatic carbocycles. The molecule has 0 aliphatic heterocycles. The third-order valence-corrected chi connectivity index (χ3v) is 3.08. The number of aryl methyl sites for hydroxylation is 1. The van der Waals surface area contributed by atoms with Crippen LogP contribution in [0.25, 0.3) is 0 Å². The Labute approximate surface area is 90.6 Å². The van der Waals surface area contributed by atoms with Gasteiger partial charge in [-0.2, -0.15) is 0 Å². The molecule has 1 aromatic rings. The van der Waals surface area contributed by atoms with Crippen LogP contribution in [0.3, 0.4) is 0 Å². The topological polar surface area (TPSA) is 73.0 Å². The minimum atomic E-state index is -3.68. The maximum atomic E-state index is 11.2. The maximum Gasteiger partial charge on any atom is 0.255 e. The molecule has 0 spiro atoms. The van der Waals surface area contributed by atoms with E-state index in [-0.39, 0.29) is 5.03 Å². The molecule has 4 nitrogen and oxygen atoms in total. The number of hydrogen-bond donors (Lipinski definition) is 1. The summed E-state index contributed by atoms with van der Waals surface area (Å²) in [4.78, 5) is 3.82. The highest BCUT2D eigenvalue weighted by Crippen LogP contribution is 2.13. The molecule has 0 fully saturated rings. The van der Waals surface area contributed by atoms with Crippen LogP contribution < -0.4 is 5.14 Å². The average Bonchev–Trinajstić information content (AvgIpc) is 2.17. The largest absolute Gasteiger partial charge is 0.255 e. The highest BCUT2D eigenvalue weighted by molar-refractivity contribution is 7.89. The molecule has 1 rings (SSSR count). The predicted octanol–water partition coefficient (Wildman–Crippen LogP) is 1.46. The van der Waals surface area contributed by atoms with Gasteiger partial charge in [0.05, 0.1) is 0 Å². The number of nitrogens with two attached hydrogens (primary N) is 1. The van der Waals surface area contributed by atoms with Gasteiger partial charge < -0.3 is 0 Å². The first-order valence-electron chi connectivity index (χ1n) is 5.02. The van der Waals surface area contributed by atoms with Crippen LogP contribution in [0.2, 0.25) is 0 Å². The number of primary sulfonamides is 1. The van der Waals surface area contributed by atoms with Crippen LogP contribution >= 0.6 is 0 Å². The Balaban J connectivity index is 2.88. The van der Waals surface area contributed by atoms with E-state index >= 15 is 0 Å². The molecule has 0 aliphatic carbocycles. The smallest absolute Gasteiger partial charge is 0.243 e. The number of sulfonamides is 1. The molecule has 2 N–H and O–H groups in total. The minimum Gasteiger partial charge on any atom is -0.243 e. The van der Waals surface area contributed by atoms with Crippen molar-refractivity contribution >= 4 is 10.0 Å². The third kappa shape index (κ3) is 3.60. The summed E-state index contributed by atoms with van der Waals surface area (Å²) in [6, 6.07) is 3.50. The lowest BCUT2D eigenvalue weighted by Crippen LogP contribution is -2.16. The summed E-state index contributed by atoms with van der Waals surface area (Å²) < 4.78 is 22.4. The number of aromatic nitrogens is 1. The van der Waals surface area contributed by atoms with Gasteiger partial charge in [-0.05, 0) is 24.5 Å². The zero-order valence-electron chi connectivity index (χ0n) is 8.81. The molecule has 0 saturated carbocycles. The van der Waals surface area contributed by atoms with E-state index in [1.165, 1.54) is 6.20 Å². The van der Waals surface area contributed by atoms with E-state index < -0.39 is 10.0 Å². The molecule has 0 bridgehead atoms. The van der Waals surface area contributed by atoms with Gasteiger partial charge >= 0.3 is 0 Å². The van der Waals surface area contributed by atoms with Crippen LogP contribution in [0.1, 0.15) is 31.7 Å². The third-order valence-electron chi connectivity index (χ3n) is 2.17. The quantitative estimate of drug-likeness (QED) is 0.775. The van der Waals surface area contributed by atoms with Gasteiger partial charge in [0.1, 0.15) is 0 Å². The van der Waals surface area contributed by atoms with Crippen molar-refractivity contribution in [1.29, 1.82) is 0 Å². The van der Waals surface area contributed by atoms with Gasteiger partial charge in [0.15, 0.2) is 5.03 Å². The first kappa shape index (κ1) is 12.1. The van der Waals surface area contributed by atoms with Gasteiger partial charge in [-0.3, -0.25) is 0 Å². The standard InChI is InChI=1S/C10H16N2O2S/c1-2-3-4-6-9-7-5-8-12-10(9)15(11,13)14/h5,7-8H,2-4,6H2,1H3,(H2,11,13,14). The van der Waals surface area contributed by atoms with E-state index in [0.717, 1.165) is 19.3 Å². The predicted molar refractivity (Wildman–Crippen MR) is 58.8 cm³/mol. The second-order valence-corrected chi connectivity index (χ2v) is 4.95. The lowest BCUT2D eigenvalue weighted by Gasteiger charge is -2.05. The minimum absolute atomic E-state index is 0.0149. The zero-order chi connectivity index (χ0) is 11.3. The van der Waals surface area contributed by atoms with Crippen molar-refractivity contribution in [1.82, 2.24) is 4.98 Å². The first-order valence-corrected chi connectivity index (χ1v) is 6.57. The Kier molecular flexibility index (Phi) is 4.23. The number of unbranched alkanes of at least 4 members (excludes halogenated alkanes) is 2. The Bertz CT molecular complexity index is 415. The molecule has 0 amide bonds. The van der Waals surface area contributed by atoms with Gasteiger partial charge in [-0.1, -0.05) is 25.8 Å². The fourth-order valence-electron chi connectivity index (χ4n) is 1.44. The molecule has 0 aliphatic rings. The normalized spacial score (nSPS) is 11.6. The van der Waals surface area contributed by atoms with Crippen LogP contribution in [0, 0.1) is 0 Å². The van der Waals surface area contributed by atoms with Crippen molar-refractivity contribution < 1.29 is 8.42 Å². The SMILES string of the molecule is CCCCCc1cccnc1S(N)(=O)=O. The van der Waals surface area contributed by atoms with E-state index in [4.69, 9.17) is 5.14 Å². The highest BCUT2D eigenvalue weighted by Gasteiger charge is 2.14.